The third-order valence-electron chi connectivity index (χ3n) is 5.93. The summed E-state index contributed by atoms with van der Waals surface area (Å²) in [6, 6.07) is 3.82. The molecule has 0 saturated carbocycles. The van der Waals surface area contributed by atoms with Crippen molar-refractivity contribution in [2.24, 2.45) is 4.99 Å². The number of methoxy groups -OCH3 is 1. The minimum Gasteiger partial charge on any atom is -0.491 e. The monoisotopic (exact) mass is 503 g/mol. The zero-order valence-electron chi connectivity index (χ0n) is 20.4. The Morgan fingerprint density at radius 1 is 1.29 bits per heavy atom. The van der Waals surface area contributed by atoms with Crippen LogP contribution >= 0.6 is 11.3 Å². The van der Waals surface area contributed by atoms with Crippen molar-refractivity contribution in [1.82, 2.24) is 20.2 Å². The van der Waals surface area contributed by atoms with E-state index in [0.29, 0.717) is 46.0 Å². The largest absolute Gasteiger partial charge is 0.491 e. The molecule has 2 aromatic rings. The maximum atomic E-state index is 12.8. The number of aromatic nitrogens is 1. The second-order valence-corrected chi connectivity index (χ2v) is 9.38. The first-order valence-corrected chi connectivity index (χ1v) is 12.5. The van der Waals surface area contributed by atoms with Crippen LogP contribution in [0.2, 0.25) is 0 Å². The standard InChI is InChI=1S/C23H33N7O4S/c1-15-20(35-23(24)26-15)22(31)28-27-18-16(21-25-7-9-29(21)2)5-6-17(19(18)32-3)34-12-4-8-30-10-13-33-14-11-30/h5-6,27H,4,7-14H2,1-3H3,(H2,24,26)(H,28,31). The average molecular weight is 504 g/mol. The molecule has 4 N–H and O–H groups in total. The number of hydrogen-bond donors (Lipinski definition) is 3. The average Bonchev–Trinajstić information content (AvgIpc) is 3.44. The Bertz CT molecular complexity index is 1070. The lowest BCUT2D eigenvalue weighted by Crippen LogP contribution is -2.37. The van der Waals surface area contributed by atoms with E-state index < -0.39 is 0 Å². The third kappa shape index (κ3) is 5.95. The number of ether oxygens (including phenoxy) is 3. The molecule has 1 fully saturated rings. The Morgan fingerprint density at radius 2 is 2.09 bits per heavy atom. The second-order valence-electron chi connectivity index (χ2n) is 8.35. The number of carbonyl (C=O) groups excluding carboxylic acids is 1. The SMILES string of the molecule is COc1c(OCCCN2CCOCC2)ccc(C2=NCCN2C)c1NNC(=O)c1sc(N)nc1C. The number of amides is 1. The fraction of sp³-hybridized carbons (Fsp3) is 0.522. The molecule has 0 atom stereocenters. The van der Waals surface area contributed by atoms with Crippen LogP contribution in [0.5, 0.6) is 11.5 Å². The summed E-state index contributed by atoms with van der Waals surface area (Å²) in [5.74, 6) is 1.58. The summed E-state index contributed by atoms with van der Waals surface area (Å²) in [5.41, 5.74) is 13.5. The highest BCUT2D eigenvalue weighted by Crippen LogP contribution is 2.39. The van der Waals surface area contributed by atoms with Crippen LogP contribution in [-0.2, 0) is 4.74 Å². The predicted octanol–water partition coefficient (Wildman–Crippen LogP) is 1.59. The smallest absolute Gasteiger partial charge is 0.281 e. The number of anilines is 2. The summed E-state index contributed by atoms with van der Waals surface area (Å²) in [6.07, 6.45) is 0.881. The molecule has 12 heteroatoms. The van der Waals surface area contributed by atoms with E-state index in [1.165, 1.54) is 0 Å². The topological polar surface area (TPSA) is 127 Å². The van der Waals surface area contributed by atoms with Gasteiger partial charge in [0.1, 0.15) is 16.4 Å². The second kappa shape index (κ2) is 11.6. The van der Waals surface area contributed by atoms with E-state index in [2.05, 4.69) is 30.6 Å². The summed E-state index contributed by atoms with van der Waals surface area (Å²) in [5, 5.41) is 0.348. The van der Waals surface area contributed by atoms with E-state index in [-0.39, 0.29) is 5.91 Å². The van der Waals surface area contributed by atoms with Crippen molar-refractivity contribution in [2.75, 3.05) is 77.9 Å². The maximum Gasteiger partial charge on any atom is 0.281 e. The van der Waals surface area contributed by atoms with Crippen LogP contribution in [0, 0.1) is 6.92 Å². The number of nitrogens with zero attached hydrogens (tertiary/aromatic N) is 4. The maximum absolute atomic E-state index is 12.8. The highest BCUT2D eigenvalue weighted by atomic mass is 32.1. The Labute approximate surface area is 209 Å². The number of hydrogen-bond acceptors (Lipinski definition) is 11. The summed E-state index contributed by atoms with van der Waals surface area (Å²) in [6.45, 7) is 8.23. The van der Waals surface area contributed by atoms with Crippen LogP contribution < -0.4 is 26.1 Å². The van der Waals surface area contributed by atoms with Gasteiger partial charge >= 0.3 is 0 Å². The van der Waals surface area contributed by atoms with E-state index in [4.69, 9.17) is 19.9 Å². The molecule has 1 aromatic carbocycles. The Hall–Kier alpha value is -3.09. The number of benzene rings is 1. The zero-order valence-corrected chi connectivity index (χ0v) is 21.2. The molecule has 1 amide bonds. The minimum atomic E-state index is -0.330. The number of nitrogens with two attached hydrogens (primary N) is 1. The van der Waals surface area contributed by atoms with Gasteiger partial charge in [0.25, 0.3) is 5.91 Å². The number of hydrazine groups is 1. The lowest BCUT2D eigenvalue weighted by molar-refractivity contribution is 0.0357. The number of carbonyl (C=O) groups is 1. The van der Waals surface area contributed by atoms with Crippen LogP contribution in [0.3, 0.4) is 0 Å². The number of nitrogen functional groups attached to an aromatic ring is 1. The molecule has 35 heavy (non-hydrogen) atoms. The summed E-state index contributed by atoms with van der Waals surface area (Å²) in [7, 11) is 3.57. The zero-order chi connectivity index (χ0) is 24.8. The first kappa shape index (κ1) is 25.0. The van der Waals surface area contributed by atoms with Crippen molar-refractivity contribution < 1.29 is 19.0 Å². The molecule has 2 aliphatic heterocycles. The molecule has 1 aromatic heterocycles. The fourth-order valence-electron chi connectivity index (χ4n) is 4.11. The van der Waals surface area contributed by atoms with E-state index in [1.54, 1.807) is 14.0 Å². The van der Waals surface area contributed by atoms with Gasteiger partial charge in [-0.05, 0) is 25.5 Å². The third-order valence-corrected chi connectivity index (χ3v) is 6.91. The normalized spacial score (nSPS) is 16.2. The van der Waals surface area contributed by atoms with E-state index in [1.807, 2.05) is 19.2 Å². The van der Waals surface area contributed by atoms with Crippen molar-refractivity contribution in [3.05, 3.63) is 28.3 Å². The molecule has 4 rings (SSSR count). The van der Waals surface area contributed by atoms with Gasteiger partial charge in [0.2, 0.25) is 0 Å². The van der Waals surface area contributed by atoms with Crippen molar-refractivity contribution in [1.29, 1.82) is 0 Å². The number of aryl methyl sites for hydroxylation is 1. The van der Waals surface area contributed by atoms with Crippen LogP contribution in [-0.4, -0.2) is 93.2 Å². The van der Waals surface area contributed by atoms with Crippen LogP contribution in [0.15, 0.2) is 17.1 Å². The Morgan fingerprint density at radius 3 is 2.74 bits per heavy atom. The van der Waals surface area contributed by atoms with Gasteiger partial charge in [0.05, 0.1) is 39.2 Å². The highest BCUT2D eigenvalue weighted by molar-refractivity contribution is 7.17. The van der Waals surface area contributed by atoms with Crippen molar-refractivity contribution in [3.63, 3.8) is 0 Å². The van der Waals surface area contributed by atoms with Gasteiger partial charge in [-0.15, -0.1) is 0 Å². The highest BCUT2D eigenvalue weighted by Gasteiger charge is 2.24. The van der Waals surface area contributed by atoms with Gasteiger partial charge in [-0.1, -0.05) is 11.3 Å². The molecule has 0 radical (unpaired) electrons. The number of nitrogens with one attached hydrogen (secondary N) is 2. The van der Waals surface area contributed by atoms with Crippen LogP contribution in [0.4, 0.5) is 10.8 Å². The van der Waals surface area contributed by atoms with Crippen LogP contribution in [0.1, 0.15) is 27.3 Å². The Kier molecular flexibility index (Phi) is 8.26. The first-order valence-electron chi connectivity index (χ1n) is 11.7. The number of rotatable bonds is 10. The molecule has 11 nitrogen and oxygen atoms in total. The molecule has 0 unspecified atom stereocenters. The summed E-state index contributed by atoms with van der Waals surface area (Å²) >= 11 is 1.14. The quantitative estimate of drug-likeness (QED) is 0.327. The fourth-order valence-corrected chi connectivity index (χ4v) is 4.84. The van der Waals surface area contributed by atoms with Crippen molar-refractivity contribution in [3.8, 4) is 11.5 Å². The Balaban J connectivity index is 1.51. The molecule has 190 valence electrons. The molecule has 2 aliphatic rings. The lowest BCUT2D eigenvalue weighted by atomic mass is 10.1. The first-order chi connectivity index (χ1) is 17.0. The molecular formula is C23H33N7O4S. The molecule has 3 heterocycles. The summed E-state index contributed by atoms with van der Waals surface area (Å²) in [4.78, 5) is 26.5. The van der Waals surface area contributed by atoms with Gasteiger partial charge in [0.15, 0.2) is 16.6 Å². The number of amidine groups is 1. The van der Waals surface area contributed by atoms with E-state index >= 15 is 0 Å². The molecule has 0 spiro atoms. The number of thiazole rings is 1. The van der Waals surface area contributed by atoms with Gasteiger partial charge in [-0.25, -0.2) is 4.98 Å². The van der Waals surface area contributed by atoms with Gasteiger partial charge < -0.3 is 24.8 Å². The molecule has 1 saturated heterocycles. The lowest BCUT2D eigenvalue weighted by Gasteiger charge is -2.26. The van der Waals surface area contributed by atoms with Gasteiger partial charge in [-0.3, -0.25) is 25.5 Å². The molecular weight excluding hydrogens is 470 g/mol. The predicted molar refractivity (Wildman–Crippen MR) is 137 cm³/mol. The van der Waals surface area contributed by atoms with Crippen molar-refractivity contribution in [2.45, 2.75) is 13.3 Å². The van der Waals surface area contributed by atoms with E-state index in [0.717, 1.165) is 68.5 Å². The summed E-state index contributed by atoms with van der Waals surface area (Å²) < 4.78 is 17.3. The van der Waals surface area contributed by atoms with E-state index in [9.17, 15) is 4.79 Å². The minimum absolute atomic E-state index is 0.330. The van der Waals surface area contributed by atoms with Gasteiger partial charge in [0, 0.05) is 38.8 Å². The number of aliphatic imine (C=N–C) groups is 1. The van der Waals surface area contributed by atoms with Crippen molar-refractivity contribution >= 4 is 33.9 Å². The van der Waals surface area contributed by atoms with Gasteiger partial charge in [-0.2, -0.15) is 0 Å². The molecule has 0 bridgehead atoms. The molecule has 0 aliphatic carbocycles. The van der Waals surface area contributed by atoms with Crippen LogP contribution in [0.25, 0.3) is 0 Å². The number of morpholine rings is 1. The number of likely N-dealkylation sites (N-methyl/N-ethyl adjacent to an activating group) is 1.